The first-order valence-corrected chi connectivity index (χ1v) is 24.3. The van der Waals surface area contributed by atoms with Crippen molar-refractivity contribution in [3.05, 3.63) is 52.0 Å². The van der Waals surface area contributed by atoms with Crippen LogP contribution in [-0.2, 0) is 39.8 Å². The van der Waals surface area contributed by atoms with E-state index in [9.17, 15) is 28.8 Å². The first kappa shape index (κ1) is 54.1. The van der Waals surface area contributed by atoms with E-state index in [0.29, 0.717) is 30.2 Å². The van der Waals surface area contributed by atoms with Crippen LogP contribution in [0.25, 0.3) is 0 Å². The van der Waals surface area contributed by atoms with E-state index >= 15 is 0 Å². The number of amides is 5. The van der Waals surface area contributed by atoms with E-state index < -0.39 is 54.0 Å². The number of thiazole rings is 1. The summed E-state index contributed by atoms with van der Waals surface area (Å²) >= 11 is 5.17. The van der Waals surface area contributed by atoms with Crippen molar-refractivity contribution in [3.8, 4) is 0 Å². The SMILES string of the molecule is CCCCCOCN(C(=O)C(NC(=O)C1CCCCN1C)C(C)CC)C(CC(OC(C)=O)c1nc(C(=O)NC(Cc2ccccc2)CC(C)C(=O)NNC(=O)OCCS)cs1)C(C)C. The molecule has 0 spiro atoms. The van der Waals surface area contributed by atoms with Crippen LogP contribution in [0.5, 0.6) is 0 Å². The summed E-state index contributed by atoms with van der Waals surface area (Å²) in [5.41, 5.74) is 5.63. The first-order chi connectivity index (χ1) is 30.6. The molecule has 16 nitrogen and oxygen atoms in total. The minimum atomic E-state index is -0.921. The van der Waals surface area contributed by atoms with Gasteiger partial charge in [0.2, 0.25) is 17.7 Å². The smallest absolute Gasteiger partial charge is 0.426 e. The summed E-state index contributed by atoms with van der Waals surface area (Å²) in [7, 11) is 1.94. The Morgan fingerprint density at radius 3 is 2.34 bits per heavy atom. The van der Waals surface area contributed by atoms with E-state index in [1.807, 2.05) is 70.0 Å². The molecular weight excluding hydrogens is 859 g/mol. The van der Waals surface area contributed by atoms with E-state index in [4.69, 9.17) is 14.2 Å². The van der Waals surface area contributed by atoms with Crippen LogP contribution < -0.4 is 21.5 Å². The molecule has 1 aromatic heterocycles. The van der Waals surface area contributed by atoms with Gasteiger partial charge in [-0.1, -0.05) is 97.6 Å². The van der Waals surface area contributed by atoms with Crippen LogP contribution >= 0.6 is 24.0 Å². The van der Waals surface area contributed by atoms with Gasteiger partial charge < -0.3 is 29.7 Å². The van der Waals surface area contributed by atoms with Crippen LogP contribution in [0.3, 0.4) is 0 Å². The highest BCUT2D eigenvalue weighted by atomic mass is 32.1. The van der Waals surface area contributed by atoms with Crippen molar-refractivity contribution < 1.29 is 43.0 Å². The maximum absolute atomic E-state index is 14.9. The van der Waals surface area contributed by atoms with Gasteiger partial charge in [-0.3, -0.25) is 34.3 Å². The molecule has 0 radical (unpaired) electrons. The minimum absolute atomic E-state index is 0.0225. The van der Waals surface area contributed by atoms with Gasteiger partial charge >= 0.3 is 12.1 Å². The van der Waals surface area contributed by atoms with Crippen molar-refractivity contribution in [1.82, 2.24) is 36.3 Å². The number of rotatable bonds is 26. The van der Waals surface area contributed by atoms with E-state index in [-0.39, 0.29) is 61.6 Å². The zero-order valence-corrected chi connectivity index (χ0v) is 40.8. The Balaban J connectivity index is 1.90. The predicted octanol–water partition coefficient (Wildman–Crippen LogP) is 6.22. The number of aromatic nitrogens is 1. The number of likely N-dealkylation sites (N-methyl/N-ethyl adjacent to an activating group) is 1. The van der Waals surface area contributed by atoms with Gasteiger partial charge in [0.25, 0.3) is 5.91 Å². The van der Waals surface area contributed by atoms with Gasteiger partial charge in [0.1, 0.15) is 30.1 Å². The second kappa shape index (κ2) is 28.6. The molecule has 64 heavy (non-hydrogen) atoms. The molecule has 18 heteroatoms. The second-order valence-corrected chi connectivity index (χ2v) is 18.4. The van der Waals surface area contributed by atoms with Crippen LogP contribution in [0.1, 0.15) is 133 Å². The molecule has 0 saturated carbocycles. The van der Waals surface area contributed by atoms with Gasteiger partial charge in [0, 0.05) is 49.1 Å². The Hall–Kier alpha value is -4.26. The molecule has 358 valence electrons. The highest BCUT2D eigenvalue weighted by Gasteiger charge is 2.39. The Kier molecular flexibility index (Phi) is 24.2. The van der Waals surface area contributed by atoms with E-state index in [2.05, 4.69) is 46.0 Å². The number of carbonyl (C=O) groups is 6. The quantitative estimate of drug-likeness (QED) is 0.0236. The van der Waals surface area contributed by atoms with E-state index in [0.717, 1.165) is 50.6 Å². The second-order valence-electron chi connectivity index (χ2n) is 17.1. The molecule has 2 aromatic rings. The lowest BCUT2D eigenvalue weighted by atomic mass is 9.92. The molecule has 1 aliphatic rings. The number of hydrazine groups is 1. The summed E-state index contributed by atoms with van der Waals surface area (Å²) in [5, 5.41) is 8.15. The fraction of sp³-hybridized carbons (Fsp3) is 0.674. The van der Waals surface area contributed by atoms with Crippen molar-refractivity contribution in [2.45, 2.75) is 143 Å². The van der Waals surface area contributed by atoms with Gasteiger partial charge in [-0.15, -0.1) is 11.3 Å². The number of thiol groups is 1. The number of hydrogen-bond acceptors (Lipinski definition) is 13. The number of nitrogens with zero attached hydrogens (tertiary/aromatic N) is 3. The van der Waals surface area contributed by atoms with Crippen molar-refractivity contribution in [2.75, 3.05) is 39.3 Å². The third kappa shape index (κ3) is 18.0. The van der Waals surface area contributed by atoms with Crippen LogP contribution in [0.2, 0.25) is 0 Å². The third-order valence-corrected chi connectivity index (χ3v) is 12.7. The lowest BCUT2D eigenvalue weighted by Gasteiger charge is -2.40. The number of likely N-dealkylation sites (tertiary alicyclic amines) is 1. The van der Waals surface area contributed by atoms with Crippen molar-refractivity contribution in [2.24, 2.45) is 17.8 Å². The van der Waals surface area contributed by atoms with Gasteiger partial charge in [-0.25, -0.2) is 15.2 Å². The number of hydrogen-bond donors (Lipinski definition) is 5. The van der Waals surface area contributed by atoms with Crippen LogP contribution in [0.15, 0.2) is 35.7 Å². The standard InChI is InChI=1S/C46H73N7O9S2/c1-9-11-17-22-60-29-53(45(58)40(31(5)10-2)49-43(57)37-20-15-16-21-52(37)8)38(30(3)4)27-39(62-33(7)54)44-48-36(28-64-44)42(56)47-35(26-34-18-13-12-14-19-34)25-32(6)41(55)50-51-46(59)61-23-24-63/h12-14,18-19,28,30-32,35,37-40,63H,9-11,15-17,20-27,29H2,1-8H3,(H,47,56)(H,49,57)(H,50,55)(H,51,59). The fourth-order valence-corrected chi connectivity index (χ4v) is 8.60. The molecule has 1 aromatic carbocycles. The third-order valence-electron chi connectivity index (χ3n) is 11.6. The Bertz CT molecular complexity index is 1770. The average Bonchev–Trinajstić information content (AvgIpc) is 3.77. The molecule has 0 aliphatic carbocycles. The maximum Gasteiger partial charge on any atom is 0.426 e. The molecule has 3 rings (SSSR count). The molecule has 1 aliphatic heterocycles. The molecule has 1 saturated heterocycles. The van der Waals surface area contributed by atoms with Crippen LogP contribution in [0.4, 0.5) is 4.79 Å². The van der Waals surface area contributed by atoms with Crippen LogP contribution in [0, 0.1) is 17.8 Å². The van der Waals surface area contributed by atoms with Gasteiger partial charge in [0.05, 0.1) is 6.04 Å². The number of piperidine rings is 1. The normalized spacial score (nSPS) is 16.9. The summed E-state index contributed by atoms with van der Waals surface area (Å²) < 4.78 is 17.0. The number of nitrogens with one attached hydrogen (secondary N) is 4. The first-order valence-electron chi connectivity index (χ1n) is 22.8. The predicted molar refractivity (Wildman–Crippen MR) is 250 cm³/mol. The lowest BCUT2D eigenvalue weighted by molar-refractivity contribution is -0.153. The number of esters is 1. The van der Waals surface area contributed by atoms with Gasteiger partial charge in [-0.05, 0) is 63.1 Å². The molecule has 5 amide bonds. The van der Waals surface area contributed by atoms with E-state index in [1.54, 1.807) is 17.2 Å². The fourth-order valence-electron chi connectivity index (χ4n) is 7.67. The summed E-state index contributed by atoms with van der Waals surface area (Å²) in [6.07, 6.45) is 5.20. The molecule has 7 atom stereocenters. The Labute approximate surface area is 389 Å². The maximum atomic E-state index is 14.9. The molecule has 2 heterocycles. The van der Waals surface area contributed by atoms with Crippen LogP contribution in [-0.4, -0.2) is 114 Å². The summed E-state index contributed by atoms with van der Waals surface area (Å²) in [6.45, 7) is 14.4. The Morgan fingerprint density at radius 1 is 0.969 bits per heavy atom. The lowest BCUT2D eigenvalue weighted by Crippen LogP contribution is -2.59. The van der Waals surface area contributed by atoms with Crippen molar-refractivity contribution in [1.29, 1.82) is 0 Å². The van der Waals surface area contributed by atoms with E-state index in [1.165, 1.54) is 18.3 Å². The summed E-state index contributed by atoms with van der Waals surface area (Å²) in [5.74, 6) is -2.57. The molecular formula is C46H73N7O9S2. The zero-order valence-electron chi connectivity index (χ0n) is 39.1. The summed E-state index contributed by atoms with van der Waals surface area (Å²) in [4.78, 5) is 88.5. The summed E-state index contributed by atoms with van der Waals surface area (Å²) in [6, 6.07) is 7.35. The molecule has 4 N–H and O–H groups in total. The monoisotopic (exact) mass is 931 g/mol. The van der Waals surface area contributed by atoms with Gasteiger partial charge in [-0.2, -0.15) is 12.6 Å². The highest BCUT2D eigenvalue weighted by Crippen LogP contribution is 2.32. The average molecular weight is 932 g/mol. The molecule has 1 fully saturated rings. The van der Waals surface area contributed by atoms with Crippen molar-refractivity contribution in [3.63, 3.8) is 0 Å². The van der Waals surface area contributed by atoms with Gasteiger partial charge in [0.15, 0.2) is 6.10 Å². The zero-order chi connectivity index (χ0) is 47.2. The Morgan fingerprint density at radius 2 is 1.70 bits per heavy atom. The molecule has 0 bridgehead atoms. The number of carbonyl (C=O) groups excluding carboxylic acids is 6. The topological polar surface area (TPSA) is 198 Å². The number of ether oxygens (including phenoxy) is 3. The van der Waals surface area contributed by atoms with Crippen molar-refractivity contribution >= 4 is 59.7 Å². The number of benzene rings is 1. The highest BCUT2D eigenvalue weighted by molar-refractivity contribution is 7.80. The number of unbranched alkanes of at least 4 members (excludes halogenated alkanes) is 2. The molecule has 7 unspecified atom stereocenters. The largest absolute Gasteiger partial charge is 0.455 e. The minimum Gasteiger partial charge on any atom is -0.455 e.